The third kappa shape index (κ3) is 5.66. The molecule has 0 amide bonds. The van der Waals surface area contributed by atoms with Gasteiger partial charge in [-0.3, -0.25) is 4.57 Å². The highest BCUT2D eigenvalue weighted by Gasteiger charge is 2.52. The van der Waals surface area contributed by atoms with Gasteiger partial charge in [-0.1, -0.05) is 231 Å². The van der Waals surface area contributed by atoms with Crippen LogP contribution in [0, 0.1) is 0 Å². The minimum Gasteiger partial charge on any atom is -0.278 e. The quantitative estimate of drug-likeness (QED) is 0.161. The van der Waals surface area contributed by atoms with E-state index in [9.17, 15) is 0 Å². The van der Waals surface area contributed by atoms with Crippen LogP contribution >= 0.6 is 0 Å². The Labute approximate surface area is 428 Å². The van der Waals surface area contributed by atoms with Crippen LogP contribution in [0.25, 0.3) is 127 Å². The Kier molecular flexibility index (Phi) is 8.66. The van der Waals surface area contributed by atoms with Crippen molar-refractivity contribution in [3.05, 3.63) is 283 Å². The summed E-state index contributed by atoms with van der Waals surface area (Å²) in [7, 11) is 0. The van der Waals surface area contributed by atoms with E-state index in [1.54, 1.807) is 0 Å². The molecule has 14 aromatic rings. The Balaban J connectivity index is 1.02. The molecule has 16 rings (SSSR count). The first-order chi connectivity index (χ1) is 36.7. The van der Waals surface area contributed by atoms with Crippen molar-refractivity contribution in [2.45, 2.75) is 5.41 Å². The lowest BCUT2D eigenvalue weighted by molar-refractivity contribution is 0.794. The Morgan fingerprint density at radius 1 is 0.284 bits per heavy atom. The molecule has 2 aliphatic rings. The van der Waals surface area contributed by atoms with Crippen molar-refractivity contribution in [3.63, 3.8) is 0 Å². The Morgan fingerprint density at radius 3 is 1.36 bits per heavy atom. The molecular weight excluding hydrogens is 895 g/mol. The first kappa shape index (κ1) is 41.0. The van der Waals surface area contributed by atoms with Gasteiger partial charge < -0.3 is 0 Å². The van der Waals surface area contributed by atoms with E-state index in [4.69, 9.17) is 9.97 Å². The fourth-order valence-electron chi connectivity index (χ4n) is 13.2. The average molecular weight is 938 g/mol. The zero-order valence-electron chi connectivity index (χ0n) is 40.2. The van der Waals surface area contributed by atoms with Gasteiger partial charge in [0.15, 0.2) is 0 Å². The second kappa shape index (κ2) is 15.6. The van der Waals surface area contributed by atoms with Gasteiger partial charge in [0.25, 0.3) is 0 Å². The van der Waals surface area contributed by atoms with E-state index in [-0.39, 0.29) is 0 Å². The summed E-state index contributed by atoms with van der Waals surface area (Å²) in [6, 6.07) is 96.0. The van der Waals surface area contributed by atoms with Crippen LogP contribution in [-0.2, 0) is 5.41 Å². The van der Waals surface area contributed by atoms with Crippen LogP contribution in [-0.4, -0.2) is 14.5 Å². The summed E-state index contributed by atoms with van der Waals surface area (Å²) in [4.78, 5) is 11.0. The molecule has 12 aromatic carbocycles. The van der Waals surface area contributed by atoms with Gasteiger partial charge in [-0.25, -0.2) is 9.97 Å². The third-order valence-electron chi connectivity index (χ3n) is 16.2. The van der Waals surface area contributed by atoms with Crippen LogP contribution in [0.1, 0.15) is 22.3 Å². The lowest BCUT2D eigenvalue weighted by Crippen LogP contribution is -2.26. The van der Waals surface area contributed by atoms with Crippen molar-refractivity contribution in [1.82, 2.24) is 14.5 Å². The summed E-state index contributed by atoms with van der Waals surface area (Å²) < 4.78 is 2.34. The van der Waals surface area contributed by atoms with Crippen LogP contribution in [0.3, 0.4) is 0 Å². The number of fused-ring (bicyclic) bond motifs is 17. The molecule has 74 heavy (non-hydrogen) atoms. The molecular formula is C71H43N3. The highest BCUT2D eigenvalue weighted by molar-refractivity contribution is 6.23. The predicted octanol–water partition coefficient (Wildman–Crippen LogP) is 18.0. The van der Waals surface area contributed by atoms with Gasteiger partial charge in [-0.15, -0.1) is 0 Å². The first-order valence-electron chi connectivity index (χ1n) is 25.6. The van der Waals surface area contributed by atoms with Crippen LogP contribution in [0.5, 0.6) is 0 Å². The van der Waals surface area contributed by atoms with E-state index < -0.39 is 5.41 Å². The van der Waals surface area contributed by atoms with Gasteiger partial charge in [0.05, 0.1) is 27.8 Å². The molecule has 0 radical (unpaired) electrons. The third-order valence-corrected chi connectivity index (χ3v) is 16.2. The molecule has 1 unspecified atom stereocenters. The molecule has 0 N–H and O–H groups in total. The smallest absolute Gasteiger partial charge is 0.235 e. The molecule has 0 fully saturated rings. The van der Waals surface area contributed by atoms with Crippen molar-refractivity contribution >= 4 is 54.1 Å². The summed E-state index contributed by atoms with van der Waals surface area (Å²) >= 11 is 0. The van der Waals surface area contributed by atoms with Crippen molar-refractivity contribution < 1.29 is 0 Å². The topological polar surface area (TPSA) is 30.7 Å². The molecule has 0 aliphatic heterocycles. The van der Waals surface area contributed by atoms with Crippen LogP contribution in [0.4, 0.5) is 0 Å². The highest BCUT2D eigenvalue weighted by atomic mass is 15.2. The van der Waals surface area contributed by atoms with E-state index in [2.05, 4.69) is 265 Å². The number of hydrogen-bond donors (Lipinski definition) is 0. The molecule has 2 heterocycles. The predicted molar refractivity (Wildman–Crippen MR) is 307 cm³/mol. The number of nitrogens with zero attached hydrogens (tertiary/aromatic N) is 3. The lowest BCUT2D eigenvalue weighted by Gasteiger charge is -2.31. The van der Waals surface area contributed by atoms with Gasteiger partial charge in [-0.2, -0.15) is 0 Å². The maximum Gasteiger partial charge on any atom is 0.235 e. The molecule has 342 valence electrons. The second-order valence-electron chi connectivity index (χ2n) is 19.9. The molecule has 0 saturated heterocycles. The fraction of sp³-hybridized carbons (Fsp3) is 0.0141. The Hall–Kier alpha value is -9.70. The van der Waals surface area contributed by atoms with Gasteiger partial charge >= 0.3 is 0 Å². The summed E-state index contributed by atoms with van der Waals surface area (Å²) in [6.07, 6.45) is 0. The van der Waals surface area contributed by atoms with E-state index in [0.717, 1.165) is 33.5 Å². The average Bonchev–Trinajstić information content (AvgIpc) is 4.16. The summed E-state index contributed by atoms with van der Waals surface area (Å²) in [5, 5.41) is 9.76. The second-order valence-corrected chi connectivity index (χ2v) is 19.9. The first-order valence-corrected chi connectivity index (χ1v) is 25.6. The van der Waals surface area contributed by atoms with Crippen LogP contribution < -0.4 is 0 Å². The van der Waals surface area contributed by atoms with Crippen LogP contribution in [0.2, 0.25) is 0 Å². The van der Waals surface area contributed by atoms with Gasteiger partial charge in [0.1, 0.15) is 0 Å². The van der Waals surface area contributed by atoms with Crippen molar-refractivity contribution in [3.8, 4) is 73.0 Å². The van der Waals surface area contributed by atoms with Crippen molar-refractivity contribution in [1.29, 1.82) is 0 Å². The number of benzene rings is 12. The molecule has 3 heteroatoms. The minimum absolute atomic E-state index is 0.636. The zero-order chi connectivity index (χ0) is 48.5. The molecule has 1 atom stereocenters. The van der Waals surface area contributed by atoms with Crippen molar-refractivity contribution in [2.24, 2.45) is 0 Å². The Bertz CT molecular complexity index is 4530. The summed E-state index contributed by atoms with van der Waals surface area (Å²) in [5.74, 6) is 0.636. The van der Waals surface area contributed by atoms with Crippen molar-refractivity contribution in [2.75, 3.05) is 0 Å². The number of hydrogen-bond acceptors (Lipinski definition) is 2. The lowest BCUT2D eigenvalue weighted by atomic mass is 9.70. The summed E-state index contributed by atoms with van der Waals surface area (Å²) in [6.45, 7) is 0. The van der Waals surface area contributed by atoms with Crippen LogP contribution in [0.15, 0.2) is 261 Å². The fourth-order valence-corrected chi connectivity index (χ4v) is 13.2. The van der Waals surface area contributed by atoms with E-state index in [1.807, 2.05) is 0 Å². The maximum absolute atomic E-state index is 5.52. The SMILES string of the molecule is c1ccc(-c2cc(-c3ccccc3)nc(-n3c4cc5c(cc4c4c6ccccc6ccc43)-c3ccccc3C53c4ccccc4-c4ccc(-c5c6ccccc6c(-c6ccccc6)c6ccccc56)cc43)n2)cc1. The van der Waals surface area contributed by atoms with E-state index >= 15 is 0 Å². The molecule has 0 saturated carbocycles. The number of rotatable bonds is 5. The van der Waals surface area contributed by atoms with Gasteiger partial charge in [0, 0.05) is 21.9 Å². The normalized spacial score (nSPS) is 14.3. The highest BCUT2D eigenvalue weighted by Crippen LogP contribution is 2.64. The van der Waals surface area contributed by atoms with Gasteiger partial charge in [-0.05, 0) is 129 Å². The standard InChI is InChI=1S/C71H43N3/c1-4-21-45(22-5-1)63-43-64(46-23-6-2-7-24-46)73-70(72-63)74-65-39-37-44-20-10-11-27-49(44)69(65)58-41-57-51-29-17-19-35-60(51)71(62(57)42-66(58)74)59-34-18-16-28-50(59)52-38-36-48(40-61(52)71)68-55-32-14-12-30-53(55)67(47-25-8-3-9-26-47)54-31-13-15-33-56(54)68/h1-43H. The minimum atomic E-state index is -0.636. The zero-order valence-corrected chi connectivity index (χ0v) is 40.2. The molecule has 3 nitrogen and oxygen atoms in total. The van der Waals surface area contributed by atoms with Gasteiger partial charge in [0.2, 0.25) is 5.95 Å². The van der Waals surface area contributed by atoms with E-state index in [0.29, 0.717) is 5.95 Å². The Morgan fingerprint density at radius 2 is 0.757 bits per heavy atom. The molecule has 2 aromatic heterocycles. The molecule has 0 bridgehead atoms. The van der Waals surface area contributed by atoms with E-state index in [1.165, 1.54) is 110 Å². The molecule has 1 spiro atoms. The monoisotopic (exact) mass is 937 g/mol. The number of aromatic nitrogens is 3. The maximum atomic E-state index is 5.52. The summed E-state index contributed by atoms with van der Waals surface area (Å²) in [5.41, 5.74) is 20.5. The largest absolute Gasteiger partial charge is 0.278 e. The molecule has 2 aliphatic carbocycles.